The number of hydrogen-bond donors (Lipinski definition) is 1. The van der Waals surface area contributed by atoms with Crippen LogP contribution in [0.4, 0.5) is 11.4 Å². The largest absolute Gasteiger partial charge is 0.369 e. The second-order valence-corrected chi connectivity index (χ2v) is 7.16. The van der Waals surface area contributed by atoms with E-state index in [1.165, 1.54) is 11.8 Å². The molecule has 6 nitrogen and oxygen atoms in total. The van der Waals surface area contributed by atoms with Gasteiger partial charge in [-0.1, -0.05) is 30.0 Å². The van der Waals surface area contributed by atoms with Gasteiger partial charge in [0.25, 0.3) is 5.69 Å². The number of aromatic nitrogens is 1. The molecule has 26 heavy (non-hydrogen) atoms. The first kappa shape index (κ1) is 16.8. The second-order valence-electron chi connectivity index (χ2n) is 6.08. The Hall–Kier alpha value is -2.64. The van der Waals surface area contributed by atoms with Crippen molar-refractivity contribution in [2.75, 3.05) is 31.1 Å². The number of pyridine rings is 1. The summed E-state index contributed by atoms with van der Waals surface area (Å²) in [5.41, 5.74) is 2.01. The van der Waals surface area contributed by atoms with Crippen molar-refractivity contribution in [1.82, 2.24) is 10.3 Å². The SMILES string of the molecule is O=[N+]([O-])c1ccc(N2CCNCC2)cc1Sc1cccc2cccnc12. The van der Waals surface area contributed by atoms with Gasteiger partial charge in [0.1, 0.15) is 0 Å². The first-order valence-electron chi connectivity index (χ1n) is 8.48. The maximum absolute atomic E-state index is 11.5. The highest BCUT2D eigenvalue weighted by molar-refractivity contribution is 7.99. The van der Waals surface area contributed by atoms with Crippen LogP contribution in [0.5, 0.6) is 0 Å². The van der Waals surface area contributed by atoms with Gasteiger partial charge in [0.15, 0.2) is 0 Å². The van der Waals surface area contributed by atoms with Crippen molar-refractivity contribution in [3.05, 3.63) is 64.8 Å². The number of rotatable bonds is 4. The van der Waals surface area contributed by atoms with E-state index in [1.54, 1.807) is 12.3 Å². The number of nitro benzene ring substituents is 1. The lowest BCUT2D eigenvalue weighted by Crippen LogP contribution is -2.43. The Bertz CT molecular complexity index is 952. The molecule has 1 aliphatic rings. The Kier molecular flexibility index (Phi) is 4.73. The predicted octanol–water partition coefficient (Wildman–Crippen LogP) is 3.70. The van der Waals surface area contributed by atoms with E-state index in [2.05, 4.69) is 15.2 Å². The van der Waals surface area contributed by atoms with Crippen molar-refractivity contribution in [1.29, 1.82) is 0 Å². The van der Waals surface area contributed by atoms with E-state index in [0.29, 0.717) is 4.90 Å². The number of nitrogens with one attached hydrogen (secondary N) is 1. The molecule has 1 aromatic heterocycles. The first-order valence-corrected chi connectivity index (χ1v) is 9.30. The molecule has 0 amide bonds. The molecule has 1 saturated heterocycles. The molecule has 2 heterocycles. The lowest BCUT2D eigenvalue weighted by molar-refractivity contribution is -0.387. The highest BCUT2D eigenvalue weighted by Gasteiger charge is 2.19. The van der Waals surface area contributed by atoms with Gasteiger partial charge < -0.3 is 10.2 Å². The van der Waals surface area contributed by atoms with Crippen LogP contribution in [0.25, 0.3) is 10.9 Å². The van der Waals surface area contributed by atoms with Crippen LogP contribution in [0.1, 0.15) is 0 Å². The van der Waals surface area contributed by atoms with Gasteiger partial charge in [-0.25, -0.2) is 0 Å². The highest BCUT2D eigenvalue weighted by Crippen LogP contribution is 2.39. The van der Waals surface area contributed by atoms with Gasteiger partial charge in [-0.3, -0.25) is 15.1 Å². The maximum Gasteiger partial charge on any atom is 0.283 e. The maximum atomic E-state index is 11.5. The number of benzene rings is 2. The Labute approximate surface area is 155 Å². The minimum Gasteiger partial charge on any atom is -0.369 e. The van der Waals surface area contributed by atoms with E-state index in [4.69, 9.17) is 0 Å². The van der Waals surface area contributed by atoms with E-state index in [1.807, 2.05) is 42.5 Å². The van der Waals surface area contributed by atoms with Crippen LogP contribution in [-0.2, 0) is 0 Å². The van der Waals surface area contributed by atoms with Crippen LogP contribution in [-0.4, -0.2) is 36.1 Å². The lowest BCUT2D eigenvalue weighted by Gasteiger charge is -2.29. The Morgan fingerprint density at radius 1 is 1.08 bits per heavy atom. The van der Waals surface area contributed by atoms with E-state index in [0.717, 1.165) is 47.7 Å². The fourth-order valence-corrected chi connectivity index (χ4v) is 4.21. The zero-order valence-corrected chi connectivity index (χ0v) is 14.9. The van der Waals surface area contributed by atoms with Crippen molar-refractivity contribution in [3.63, 3.8) is 0 Å². The molecule has 0 aliphatic carbocycles. The van der Waals surface area contributed by atoms with E-state index >= 15 is 0 Å². The molecule has 3 aromatic rings. The minimum absolute atomic E-state index is 0.127. The van der Waals surface area contributed by atoms with Crippen molar-refractivity contribution in [2.24, 2.45) is 0 Å². The zero-order chi connectivity index (χ0) is 17.9. The van der Waals surface area contributed by atoms with Crippen LogP contribution < -0.4 is 10.2 Å². The minimum atomic E-state index is -0.317. The average Bonchev–Trinajstić information content (AvgIpc) is 2.69. The molecule has 4 rings (SSSR count). The van der Waals surface area contributed by atoms with Crippen molar-refractivity contribution in [2.45, 2.75) is 9.79 Å². The van der Waals surface area contributed by atoms with Gasteiger partial charge in [0.05, 0.1) is 15.3 Å². The summed E-state index contributed by atoms with van der Waals surface area (Å²) in [6.07, 6.45) is 1.75. The number of nitrogens with zero attached hydrogens (tertiary/aromatic N) is 3. The standard InChI is InChI=1S/C19H18N4O2S/c24-23(25)16-7-6-15(22-11-9-20-10-12-22)13-18(16)26-17-5-1-3-14-4-2-8-21-19(14)17/h1-8,13,20H,9-12H2. The molecule has 7 heteroatoms. The summed E-state index contributed by atoms with van der Waals surface area (Å²) < 4.78 is 0. The van der Waals surface area contributed by atoms with Gasteiger partial charge >= 0.3 is 0 Å². The van der Waals surface area contributed by atoms with Crippen LogP contribution in [0.2, 0.25) is 0 Å². The fraction of sp³-hybridized carbons (Fsp3) is 0.211. The van der Waals surface area contributed by atoms with Crippen molar-refractivity contribution >= 4 is 34.0 Å². The lowest BCUT2D eigenvalue weighted by atomic mass is 10.2. The molecule has 0 bridgehead atoms. The monoisotopic (exact) mass is 366 g/mol. The fourth-order valence-electron chi connectivity index (χ4n) is 3.13. The topological polar surface area (TPSA) is 71.3 Å². The summed E-state index contributed by atoms with van der Waals surface area (Å²) in [4.78, 5) is 19.5. The molecular formula is C19H18N4O2S. The number of hydrogen-bond acceptors (Lipinski definition) is 6. The van der Waals surface area contributed by atoms with Crippen LogP contribution in [0.3, 0.4) is 0 Å². The molecule has 0 atom stereocenters. The van der Waals surface area contributed by atoms with Crippen LogP contribution in [0.15, 0.2) is 64.5 Å². The highest BCUT2D eigenvalue weighted by atomic mass is 32.2. The molecule has 0 radical (unpaired) electrons. The number of para-hydroxylation sites is 1. The molecule has 0 unspecified atom stereocenters. The van der Waals surface area contributed by atoms with Crippen molar-refractivity contribution < 1.29 is 4.92 Å². The van der Waals surface area contributed by atoms with Gasteiger partial charge in [-0.05, 0) is 24.3 Å². The molecular weight excluding hydrogens is 348 g/mol. The zero-order valence-electron chi connectivity index (χ0n) is 14.1. The molecule has 0 saturated carbocycles. The molecule has 1 fully saturated rings. The Morgan fingerprint density at radius 3 is 2.69 bits per heavy atom. The van der Waals surface area contributed by atoms with E-state index in [-0.39, 0.29) is 10.6 Å². The summed E-state index contributed by atoms with van der Waals surface area (Å²) in [5, 5.41) is 15.9. The third-order valence-electron chi connectivity index (χ3n) is 4.44. The number of nitro groups is 1. The predicted molar refractivity (Wildman–Crippen MR) is 104 cm³/mol. The van der Waals surface area contributed by atoms with Gasteiger partial charge in [0, 0.05) is 54.4 Å². The normalized spacial score (nSPS) is 14.5. The summed E-state index contributed by atoms with van der Waals surface area (Å²) >= 11 is 1.40. The van der Waals surface area contributed by atoms with Crippen LogP contribution in [0, 0.1) is 10.1 Å². The summed E-state index contributed by atoms with van der Waals surface area (Å²) in [6.45, 7) is 3.65. The molecule has 1 N–H and O–H groups in total. The van der Waals surface area contributed by atoms with E-state index in [9.17, 15) is 10.1 Å². The van der Waals surface area contributed by atoms with Crippen LogP contribution >= 0.6 is 11.8 Å². The van der Waals surface area contributed by atoms with Gasteiger partial charge in [0.2, 0.25) is 0 Å². The Balaban J connectivity index is 1.74. The average molecular weight is 366 g/mol. The first-order chi connectivity index (χ1) is 12.7. The van der Waals surface area contributed by atoms with Gasteiger partial charge in [-0.2, -0.15) is 0 Å². The molecule has 132 valence electrons. The summed E-state index contributed by atoms with van der Waals surface area (Å²) in [7, 11) is 0. The smallest absolute Gasteiger partial charge is 0.283 e. The number of fused-ring (bicyclic) bond motifs is 1. The van der Waals surface area contributed by atoms with E-state index < -0.39 is 0 Å². The third kappa shape index (κ3) is 3.36. The quantitative estimate of drug-likeness (QED) is 0.561. The summed E-state index contributed by atoms with van der Waals surface area (Å²) in [5.74, 6) is 0. The second kappa shape index (κ2) is 7.31. The Morgan fingerprint density at radius 2 is 1.88 bits per heavy atom. The number of piperazine rings is 1. The molecule has 1 aliphatic heterocycles. The molecule has 0 spiro atoms. The van der Waals surface area contributed by atoms with Gasteiger partial charge in [-0.15, -0.1) is 0 Å². The van der Waals surface area contributed by atoms with Crippen molar-refractivity contribution in [3.8, 4) is 0 Å². The third-order valence-corrected chi connectivity index (χ3v) is 5.53. The molecule has 2 aromatic carbocycles. The summed E-state index contributed by atoms with van der Waals surface area (Å²) in [6, 6.07) is 15.2. The number of anilines is 1.